The third kappa shape index (κ3) is 3.28. The highest BCUT2D eigenvalue weighted by Gasteiger charge is 2.10. The molecule has 0 aromatic carbocycles. The van der Waals surface area contributed by atoms with Gasteiger partial charge in [-0.1, -0.05) is 13.8 Å². The van der Waals surface area contributed by atoms with Crippen LogP contribution >= 0.6 is 0 Å². The molecular weight excluding hydrogens is 192 g/mol. The summed E-state index contributed by atoms with van der Waals surface area (Å²) in [4.78, 5) is 4.39. The van der Waals surface area contributed by atoms with Crippen molar-refractivity contribution in [2.45, 2.75) is 45.7 Å². The first-order valence-electron chi connectivity index (χ1n) is 5.50. The highest BCUT2D eigenvalue weighted by atomic mass is 16.3. The van der Waals surface area contributed by atoms with Crippen LogP contribution in [0.5, 0.6) is 0 Å². The Morgan fingerprint density at radius 3 is 2.67 bits per heavy atom. The molecule has 15 heavy (non-hydrogen) atoms. The standard InChI is InChI=1S/C10H20N4O/c1-3-9-12-10(4-2)14(13-9)7-8(11)5-6-15/h8,15H,3-7,11H2,1-2H3. The first kappa shape index (κ1) is 12.1. The molecule has 0 saturated heterocycles. The maximum absolute atomic E-state index is 8.77. The van der Waals surface area contributed by atoms with Gasteiger partial charge in [0.1, 0.15) is 5.82 Å². The third-order valence-electron chi connectivity index (χ3n) is 2.33. The van der Waals surface area contributed by atoms with Crippen LogP contribution in [0.15, 0.2) is 0 Å². The molecule has 5 nitrogen and oxygen atoms in total. The summed E-state index contributed by atoms with van der Waals surface area (Å²) in [6.45, 7) is 4.85. The molecule has 1 rings (SSSR count). The molecule has 1 unspecified atom stereocenters. The van der Waals surface area contributed by atoms with Crippen LogP contribution in [-0.2, 0) is 19.4 Å². The average molecular weight is 212 g/mol. The van der Waals surface area contributed by atoms with Gasteiger partial charge < -0.3 is 10.8 Å². The molecule has 1 heterocycles. The van der Waals surface area contributed by atoms with Crippen LogP contribution in [-0.4, -0.2) is 32.5 Å². The van der Waals surface area contributed by atoms with Crippen LogP contribution in [0, 0.1) is 0 Å². The zero-order valence-electron chi connectivity index (χ0n) is 9.48. The fourth-order valence-electron chi connectivity index (χ4n) is 1.46. The molecule has 0 aliphatic rings. The molecule has 0 saturated carbocycles. The van der Waals surface area contributed by atoms with Crippen molar-refractivity contribution in [3.8, 4) is 0 Å². The molecule has 0 amide bonds. The lowest BCUT2D eigenvalue weighted by Crippen LogP contribution is -2.28. The van der Waals surface area contributed by atoms with E-state index in [0.717, 1.165) is 24.5 Å². The summed E-state index contributed by atoms with van der Waals surface area (Å²) >= 11 is 0. The van der Waals surface area contributed by atoms with Gasteiger partial charge in [0, 0.05) is 25.5 Å². The second kappa shape index (κ2) is 5.82. The van der Waals surface area contributed by atoms with Crippen molar-refractivity contribution in [2.24, 2.45) is 5.73 Å². The van der Waals surface area contributed by atoms with Gasteiger partial charge >= 0.3 is 0 Å². The monoisotopic (exact) mass is 212 g/mol. The van der Waals surface area contributed by atoms with Crippen molar-refractivity contribution in [3.05, 3.63) is 11.6 Å². The van der Waals surface area contributed by atoms with Crippen molar-refractivity contribution >= 4 is 0 Å². The Morgan fingerprint density at radius 2 is 2.13 bits per heavy atom. The van der Waals surface area contributed by atoms with Crippen LogP contribution < -0.4 is 5.73 Å². The molecular formula is C10H20N4O. The molecule has 0 aliphatic carbocycles. The van der Waals surface area contributed by atoms with E-state index in [2.05, 4.69) is 17.0 Å². The van der Waals surface area contributed by atoms with Gasteiger partial charge in [-0.25, -0.2) is 9.67 Å². The highest BCUT2D eigenvalue weighted by molar-refractivity contribution is 4.93. The normalized spacial score (nSPS) is 13.1. The Bertz CT molecular complexity index is 298. The first-order chi connectivity index (χ1) is 7.21. The smallest absolute Gasteiger partial charge is 0.150 e. The molecule has 0 bridgehead atoms. The van der Waals surface area contributed by atoms with E-state index in [0.29, 0.717) is 13.0 Å². The lowest BCUT2D eigenvalue weighted by Gasteiger charge is -2.10. The van der Waals surface area contributed by atoms with Crippen LogP contribution in [0.1, 0.15) is 31.9 Å². The number of nitrogens with zero attached hydrogens (tertiary/aromatic N) is 3. The van der Waals surface area contributed by atoms with Crippen molar-refractivity contribution in [3.63, 3.8) is 0 Å². The lowest BCUT2D eigenvalue weighted by atomic mass is 10.2. The molecule has 5 heteroatoms. The van der Waals surface area contributed by atoms with Crippen LogP contribution in [0.4, 0.5) is 0 Å². The summed E-state index contributed by atoms with van der Waals surface area (Å²) in [5.41, 5.74) is 5.84. The summed E-state index contributed by atoms with van der Waals surface area (Å²) in [6.07, 6.45) is 2.30. The summed E-state index contributed by atoms with van der Waals surface area (Å²) < 4.78 is 1.86. The van der Waals surface area contributed by atoms with Gasteiger partial charge in [-0.2, -0.15) is 5.10 Å². The second-order valence-electron chi connectivity index (χ2n) is 3.61. The Kier molecular flexibility index (Phi) is 4.71. The van der Waals surface area contributed by atoms with Gasteiger partial charge in [0.2, 0.25) is 0 Å². The van der Waals surface area contributed by atoms with Gasteiger partial charge in [0.25, 0.3) is 0 Å². The van der Waals surface area contributed by atoms with E-state index in [1.165, 1.54) is 0 Å². The van der Waals surface area contributed by atoms with E-state index in [-0.39, 0.29) is 12.6 Å². The zero-order valence-corrected chi connectivity index (χ0v) is 9.48. The summed E-state index contributed by atoms with van der Waals surface area (Å²) in [5.74, 6) is 1.84. The molecule has 0 fully saturated rings. The van der Waals surface area contributed by atoms with Gasteiger partial charge in [-0.3, -0.25) is 0 Å². The van der Waals surface area contributed by atoms with Crippen molar-refractivity contribution < 1.29 is 5.11 Å². The van der Waals surface area contributed by atoms with E-state index in [9.17, 15) is 0 Å². The third-order valence-corrected chi connectivity index (χ3v) is 2.33. The molecule has 1 aromatic heterocycles. The highest BCUT2D eigenvalue weighted by Crippen LogP contribution is 2.02. The molecule has 0 aliphatic heterocycles. The number of hydrogen-bond donors (Lipinski definition) is 2. The number of hydrogen-bond acceptors (Lipinski definition) is 4. The number of rotatable bonds is 6. The molecule has 1 aromatic rings. The second-order valence-corrected chi connectivity index (χ2v) is 3.61. The maximum Gasteiger partial charge on any atom is 0.150 e. The largest absolute Gasteiger partial charge is 0.396 e. The minimum atomic E-state index is -0.0493. The van der Waals surface area contributed by atoms with Crippen LogP contribution in [0.25, 0.3) is 0 Å². The number of aryl methyl sites for hydroxylation is 2. The van der Waals surface area contributed by atoms with Crippen molar-refractivity contribution in [1.29, 1.82) is 0 Å². The zero-order chi connectivity index (χ0) is 11.3. The van der Waals surface area contributed by atoms with Gasteiger partial charge in [-0.15, -0.1) is 0 Å². The van der Waals surface area contributed by atoms with Gasteiger partial charge in [0.15, 0.2) is 5.82 Å². The SMILES string of the molecule is CCc1nc(CC)n(CC(N)CCO)n1. The van der Waals surface area contributed by atoms with Crippen molar-refractivity contribution in [1.82, 2.24) is 14.8 Å². The minimum Gasteiger partial charge on any atom is -0.396 e. The van der Waals surface area contributed by atoms with E-state index in [4.69, 9.17) is 10.8 Å². The van der Waals surface area contributed by atoms with E-state index >= 15 is 0 Å². The summed E-state index contributed by atoms with van der Waals surface area (Å²) in [6, 6.07) is -0.0493. The predicted octanol–water partition coefficient (Wildman–Crippen LogP) is 0.113. The lowest BCUT2D eigenvalue weighted by molar-refractivity contribution is 0.267. The Balaban J connectivity index is 2.69. The van der Waals surface area contributed by atoms with Crippen LogP contribution in [0.3, 0.4) is 0 Å². The summed E-state index contributed by atoms with van der Waals surface area (Å²) in [5, 5.41) is 13.1. The molecule has 86 valence electrons. The van der Waals surface area contributed by atoms with Crippen LogP contribution in [0.2, 0.25) is 0 Å². The molecule has 1 atom stereocenters. The van der Waals surface area contributed by atoms with E-state index in [1.54, 1.807) is 0 Å². The van der Waals surface area contributed by atoms with Crippen molar-refractivity contribution in [2.75, 3.05) is 6.61 Å². The fraction of sp³-hybridized carbons (Fsp3) is 0.800. The fourth-order valence-corrected chi connectivity index (χ4v) is 1.46. The topological polar surface area (TPSA) is 77.0 Å². The quantitative estimate of drug-likeness (QED) is 0.702. The first-order valence-corrected chi connectivity index (χ1v) is 5.50. The molecule has 0 spiro atoms. The number of aromatic nitrogens is 3. The number of aliphatic hydroxyl groups is 1. The van der Waals surface area contributed by atoms with E-state index in [1.807, 2.05) is 11.6 Å². The minimum absolute atomic E-state index is 0.0493. The Hall–Kier alpha value is -0.940. The summed E-state index contributed by atoms with van der Waals surface area (Å²) in [7, 11) is 0. The average Bonchev–Trinajstić information content (AvgIpc) is 2.60. The number of nitrogens with two attached hydrogens (primary N) is 1. The van der Waals surface area contributed by atoms with Gasteiger partial charge in [0.05, 0.1) is 6.54 Å². The number of aliphatic hydroxyl groups excluding tert-OH is 1. The molecule has 3 N–H and O–H groups in total. The molecule has 0 radical (unpaired) electrons. The Morgan fingerprint density at radius 1 is 1.40 bits per heavy atom. The van der Waals surface area contributed by atoms with E-state index < -0.39 is 0 Å². The Labute approximate surface area is 90.3 Å². The predicted molar refractivity (Wildman–Crippen MR) is 58.5 cm³/mol. The maximum atomic E-state index is 8.77. The van der Waals surface area contributed by atoms with Gasteiger partial charge in [-0.05, 0) is 6.42 Å².